The van der Waals surface area contributed by atoms with Gasteiger partial charge in [-0.3, -0.25) is 10.2 Å². The molecule has 6 aromatic heterocycles. The Labute approximate surface area is 338 Å². The normalized spacial score (nSPS) is 23.6. The summed E-state index contributed by atoms with van der Waals surface area (Å²) in [7, 11) is 0. The number of fused-ring (bicyclic) bond motifs is 6. The number of H-pyrrole nitrogens is 2. The molecular formula is C37H47ClN14O2S2. The summed E-state index contributed by atoms with van der Waals surface area (Å²) in [5.74, 6) is 4.26. The van der Waals surface area contributed by atoms with Crippen LogP contribution in [0.15, 0.2) is 35.0 Å². The van der Waals surface area contributed by atoms with Gasteiger partial charge in [0.1, 0.15) is 5.60 Å². The first-order valence-corrected chi connectivity index (χ1v) is 20.7. The molecule has 4 aliphatic rings. The molecule has 6 atom stereocenters. The van der Waals surface area contributed by atoms with E-state index in [1.165, 1.54) is 12.8 Å². The third-order valence-electron chi connectivity index (χ3n) is 10.6. The third kappa shape index (κ3) is 7.92. The zero-order chi connectivity index (χ0) is 37.8. The van der Waals surface area contributed by atoms with Gasteiger partial charge in [0.05, 0.1) is 32.5 Å². The summed E-state index contributed by atoms with van der Waals surface area (Å²) in [5, 5.41) is 35.7. The molecule has 19 heteroatoms. The lowest BCUT2D eigenvalue weighted by atomic mass is 9.96. The molecule has 0 radical (unpaired) electrons. The molecule has 6 aromatic rings. The summed E-state index contributed by atoms with van der Waals surface area (Å²) < 4.78 is 7.67. The fourth-order valence-electron chi connectivity index (χ4n) is 8.29. The lowest BCUT2D eigenvalue weighted by Crippen LogP contribution is -2.42. The van der Waals surface area contributed by atoms with Gasteiger partial charge in [0.15, 0.2) is 23.3 Å². The molecule has 296 valence electrons. The van der Waals surface area contributed by atoms with E-state index in [0.717, 1.165) is 75.0 Å². The molecule has 0 unspecified atom stereocenters. The standard InChI is InChI=1S/C21H27N7O2S.C16H19N7S.ClH/c1-11-9-16(27-26-11)24-18-17-13(7-8-31-17)22-19(25-18)23-14-10-12-5-6-15(14)28(12)20(29)30-21(2,3)4;1-8-6-13(23-22-8)20-15-14-11(4-5-24-14)18-16(21-15)19-12-7-9-2-3-10(12)17-9;/h7-9,12,14-15H,5-6,10H2,1-4H3,(H3,22,23,24,25,26,27);4-6,9-10,12,17H,2-3,7H2,1H3,(H3,18,19,20,21,22,23);1H/t12-,14-,15-;9-,10-,12-;/m00./s1. The van der Waals surface area contributed by atoms with Crippen LogP contribution in [0.2, 0.25) is 0 Å². The molecule has 10 rings (SSSR count). The van der Waals surface area contributed by atoms with Crippen LogP contribution in [0.1, 0.15) is 70.7 Å². The number of aromatic nitrogens is 8. The summed E-state index contributed by atoms with van der Waals surface area (Å²) in [6.07, 6.45) is 6.29. The number of thiophene rings is 2. The smallest absolute Gasteiger partial charge is 0.410 e. The molecule has 56 heavy (non-hydrogen) atoms. The van der Waals surface area contributed by atoms with Crippen molar-refractivity contribution in [2.24, 2.45) is 0 Å². The Balaban J connectivity index is 0.000000159. The van der Waals surface area contributed by atoms with E-state index in [-0.39, 0.29) is 36.6 Å². The van der Waals surface area contributed by atoms with Crippen molar-refractivity contribution in [3.05, 3.63) is 46.4 Å². The molecule has 7 N–H and O–H groups in total. The summed E-state index contributed by atoms with van der Waals surface area (Å²) >= 11 is 3.23. The number of hydrogen-bond donors (Lipinski definition) is 7. The first-order chi connectivity index (χ1) is 26.5. The van der Waals surface area contributed by atoms with Crippen LogP contribution in [0.3, 0.4) is 0 Å². The number of hydrogen-bond acceptors (Lipinski definition) is 15. The highest BCUT2D eigenvalue weighted by Gasteiger charge is 2.50. The first kappa shape index (κ1) is 38.1. The number of aryl methyl sites for hydroxylation is 2. The number of nitrogens with one attached hydrogen (secondary N) is 7. The average Bonchev–Trinajstić information content (AvgIpc) is 3.98. The van der Waals surface area contributed by atoms with Crippen LogP contribution in [0, 0.1) is 13.8 Å². The van der Waals surface area contributed by atoms with E-state index in [1.807, 2.05) is 74.5 Å². The van der Waals surface area contributed by atoms with Crippen molar-refractivity contribution in [2.45, 2.75) is 115 Å². The van der Waals surface area contributed by atoms with Crippen LogP contribution < -0.4 is 26.6 Å². The number of amides is 1. The second-order valence-corrected chi connectivity index (χ2v) is 17.7. The number of carbonyl (C=O) groups is 1. The van der Waals surface area contributed by atoms with E-state index in [9.17, 15) is 4.79 Å². The van der Waals surface area contributed by atoms with Gasteiger partial charge in [-0.1, -0.05) is 0 Å². The molecule has 1 amide bonds. The maximum atomic E-state index is 12.7. The molecule has 0 aliphatic carbocycles. The quantitative estimate of drug-likeness (QED) is 0.0793. The van der Waals surface area contributed by atoms with E-state index >= 15 is 0 Å². The van der Waals surface area contributed by atoms with Crippen LogP contribution in [0.25, 0.3) is 20.4 Å². The highest BCUT2D eigenvalue weighted by atomic mass is 35.5. The molecule has 10 heterocycles. The molecule has 0 spiro atoms. The van der Waals surface area contributed by atoms with Gasteiger partial charge in [0.2, 0.25) is 11.9 Å². The second-order valence-electron chi connectivity index (χ2n) is 15.9. The molecular weight excluding hydrogens is 772 g/mol. The third-order valence-corrected chi connectivity index (χ3v) is 12.4. The number of anilines is 6. The van der Waals surface area contributed by atoms with Gasteiger partial charge >= 0.3 is 6.09 Å². The highest BCUT2D eigenvalue weighted by molar-refractivity contribution is 7.18. The maximum absolute atomic E-state index is 12.7. The number of ether oxygens (including phenoxy) is 1. The van der Waals surface area contributed by atoms with Crippen molar-refractivity contribution >= 4 is 96.8 Å². The summed E-state index contributed by atoms with van der Waals surface area (Å²) in [6, 6.07) is 9.93. The fraction of sp³-hybridized carbons (Fsp3) is 0.486. The zero-order valence-corrected chi connectivity index (χ0v) is 34.3. The fourth-order valence-corrected chi connectivity index (χ4v) is 9.84. The summed E-state index contributed by atoms with van der Waals surface area (Å²) in [5.41, 5.74) is 3.33. The van der Waals surface area contributed by atoms with E-state index in [2.05, 4.69) is 52.0 Å². The predicted octanol–water partition coefficient (Wildman–Crippen LogP) is 7.61. The molecule has 16 nitrogen and oxygen atoms in total. The number of nitrogens with zero attached hydrogens (tertiary/aromatic N) is 7. The highest BCUT2D eigenvalue weighted by Crippen LogP contribution is 2.40. The van der Waals surface area contributed by atoms with Crippen molar-refractivity contribution in [1.29, 1.82) is 0 Å². The maximum Gasteiger partial charge on any atom is 0.410 e. The molecule has 0 saturated carbocycles. The van der Waals surface area contributed by atoms with Crippen LogP contribution in [0.5, 0.6) is 0 Å². The van der Waals surface area contributed by atoms with Crippen LogP contribution in [0.4, 0.5) is 40.0 Å². The number of carbonyl (C=O) groups excluding carboxylic acids is 1. The lowest BCUT2D eigenvalue weighted by Gasteiger charge is -2.28. The number of rotatable bonds is 8. The largest absolute Gasteiger partial charge is 0.444 e. The zero-order valence-electron chi connectivity index (χ0n) is 31.8. The minimum Gasteiger partial charge on any atom is -0.444 e. The van der Waals surface area contributed by atoms with Crippen molar-refractivity contribution in [2.75, 3.05) is 21.3 Å². The minimum atomic E-state index is -0.500. The van der Waals surface area contributed by atoms with E-state index in [4.69, 9.17) is 19.7 Å². The minimum absolute atomic E-state index is 0. The van der Waals surface area contributed by atoms with Gasteiger partial charge in [-0.15, -0.1) is 35.1 Å². The van der Waals surface area contributed by atoms with E-state index < -0.39 is 5.60 Å². The van der Waals surface area contributed by atoms with Crippen LogP contribution in [-0.2, 0) is 4.74 Å². The van der Waals surface area contributed by atoms with Crippen molar-refractivity contribution < 1.29 is 9.53 Å². The SMILES string of the molecule is Cc1cc(Nc2nc(N[C@H]3C[C@@H]4CC[C@@H]3N4)nc3ccsc23)n[nH]1.Cc1cc(Nc2nc(N[C@H]3C[C@@H]4CC[C@@H]3N4C(=O)OC(C)(C)C)nc3ccsc23)n[nH]1.Cl. The Morgan fingerprint density at radius 1 is 0.804 bits per heavy atom. The van der Waals surface area contributed by atoms with Crippen molar-refractivity contribution in [1.82, 2.24) is 50.5 Å². The molecule has 0 aromatic carbocycles. The monoisotopic (exact) mass is 818 g/mol. The molecule has 4 saturated heterocycles. The molecule has 4 aliphatic heterocycles. The van der Waals surface area contributed by atoms with E-state index in [1.54, 1.807) is 22.7 Å². The Kier molecular flexibility index (Phi) is 10.4. The Bertz CT molecular complexity index is 2330. The Morgan fingerprint density at radius 3 is 1.89 bits per heavy atom. The average molecular weight is 819 g/mol. The van der Waals surface area contributed by atoms with Gasteiger partial charge in [0.25, 0.3) is 0 Å². The second kappa shape index (κ2) is 15.3. The first-order valence-electron chi connectivity index (χ1n) is 18.9. The van der Waals surface area contributed by atoms with Crippen LogP contribution >= 0.6 is 35.1 Å². The Hall–Kier alpha value is -4.78. The van der Waals surface area contributed by atoms with Gasteiger partial charge in [-0.2, -0.15) is 20.2 Å². The predicted molar refractivity (Wildman–Crippen MR) is 224 cm³/mol. The summed E-state index contributed by atoms with van der Waals surface area (Å²) in [6.45, 7) is 9.64. The number of halogens is 1. The number of aromatic amines is 2. The summed E-state index contributed by atoms with van der Waals surface area (Å²) in [4.78, 5) is 33.5. The molecule has 4 fully saturated rings. The van der Waals surface area contributed by atoms with Gasteiger partial charge in [-0.25, -0.2) is 14.8 Å². The lowest BCUT2D eigenvalue weighted by molar-refractivity contribution is 0.0214. The van der Waals surface area contributed by atoms with Gasteiger partial charge in [0, 0.05) is 47.7 Å². The molecule has 4 bridgehead atoms. The van der Waals surface area contributed by atoms with Crippen molar-refractivity contribution in [3.63, 3.8) is 0 Å². The van der Waals surface area contributed by atoms with Gasteiger partial charge in [-0.05, 0) is 96.0 Å². The Morgan fingerprint density at radius 2 is 1.39 bits per heavy atom. The van der Waals surface area contributed by atoms with Crippen LogP contribution in [-0.4, -0.2) is 93.2 Å². The van der Waals surface area contributed by atoms with Crippen molar-refractivity contribution in [3.8, 4) is 0 Å². The topological polar surface area (TPSA) is 199 Å². The van der Waals surface area contributed by atoms with E-state index in [0.29, 0.717) is 35.8 Å². The van der Waals surface area contributed by atoms with Gasteiger partial charge < -0.3 is 36.2 Å².